The van der Waals surface area contributed by atoms with Gasteiger partial charge in [0.05, 0.1) is 7.11 Å². The first-order valence-corrected chi connectivity index (χ1v) is 5.09. The SMILES string of the molecule is COc1ccc(N(C)c2ccncc2)cc1. The lowest BCUT2D eigenvalue weighted by atomic mass is 10.2. The maximum atomic E-state index is 5.13. The van der Waals surface area contributed by atoms with E-state index in [9.17, 15) is 0 Å². The van der Waals surface area contributed by atoms with Crippen LogP contribution in [0.15, 0.2) is 48.8 Å². The molecule has 0 aliphatic carbocycles. The molecule has 0 spiro atoms. The Kier molecular flexibility index (Phi) is 3.05. The van der Waals surface area contributed by atoms with E-state index in [1.54, 1.807) is 19.5 Å². The number of anilines is 2. The molecule has 0 saturated heterocycles. The Hall–Kier alpha value is -2.03. The standard InChI is InChI=1S/C13H14N2O/c1-15(12-7-9-14-10-8-12)11-3-5-13(16-2)6-4-11/h3-10H,1-2H3. The van der Waals surface area contributed by atoms with Crippen molar-refractivity contribution in [3.05, 3.63) is 48.8 Å². The van der Waals surface area contributed by atoms with Crippen LogP contribution in [0.5, 0.6) is 5.75 Å². The van der Waals surface area contributed by atoms with Gasteiger partial charge in [-0.2, -0.15) is 0 Å². The Morgan fingerprint density at radius 2 is 1.50 bits per heavy atom. The van der Waals surface area contributed by atoms with Gasteiger partial charge in [-0.15, -0.1) is 0 Å². The molecule has 82 valence electrons. The third kappa shape index (κ3) is 2.14. The lowest BCUT2D eigenvalue weighted by molar-refractivity contribution is 0.415. The van der Waals surface area contributed by atoms with Crippen molar-refractivity contribution in [2.45, 2.75) is 0 Å². The normalized spacial score (nSPS) is 9.88. The van der Waals surface area contributed by atoms with Gasteiger partial charge in [-0.25, -0.2) is 0 Å². The Morgan fingerprint density at radius 1 is 0.938 bits per heavy atom. The fraction of sp³-hybridized carbons (Fsp3) is 0.154. The van der Waals surface area contributed by atoms with E-state index in [1.165, 1.54) is 0 Å². The number of ether oxygens (including phenoxy) is 1. The van der Waals surface area contributed by atoms with Crippen molar-refractivity contribution in [2.24, 2.45) is 0 Å². The molecule has 0 atom stereocenters. The van der Waals surface area contributed by atoms with Crippen LogP contribution in [0, 0.1) is 0 Å². The Balaban J connectivity index is 2.24. The number of pyridine rings is 1. The molecule has 0 saturated carbocycles. The molecular formula is C13H14N2O. The van der Waals surface area contributed by atoms with Gasteiger partial charge in [0.1, 0.15) is 5.75 Å². The van der Waals surface area contributed by atoms with E-state index >= 15 is 0 Å². The zero-order chi connectivity index (χ0) is 11.4. The molecule has 0 fully saturated rings. The van der Waals surface area contributed by atoms with E-state index in [0.29, 0.717) is 0 Å². The summed E-state index contributed by atoms with van der Waals surface area (Å²) in [7, 11) is 3.69. The monoisotopic (exact) mass is 214 g/mol. The van der Waals surface area contributed by atoms with Crippen molar-refractivity contribution < 1.29 is 4.74 Å². The fourth-order valence-electron chi connectivity index (χ4n) is 1.52. The molecule has 0 aliphatic rings. The van der Waals surface area contributed by atoms with Crippen molar-refractivity contribution in [2.75, 3.05) is 19.1 Å². The molecular weight excluding hydrogens is 200 g/mol. The highest BCUT2D eigenvalue weighted by Crippen LogP contribution is 2.24. The van der Waals surface area contributed by atoms with E-state index < -0.39 is 0 Å². The molecule has 1 heterocycles. The van der Waals surface area contributed by atoms with Gasteiger partial charge in [0, 0.05) is 30.8 Å². The average Bonchev–Trinajstić information content (AvgIpc) is 2.39. The molecule has 3 heteroatoms. The molecule has 0 aliphatic heterocycles. The highest BCUT2D eigenvalue weighted by Gasteiger charge is 2.02. The van der Waals surface area contributed by atoms with Crippen LogP contribution in [0.25, 0.3) is 0 Å². The number of nitrogens with zero attached hydrogens (tertiary/aromatic N) is 2. The predicted molar refractivity (Wildman–Crippen MR) is 65.3 cm³/mol. The molecule has 2 aromatic rings. The first kappa shape index (κ1) is 10.5. The Morgan fingerprint density at radius 3 is 2.06 bits per heavy atom. The number of rotatable bonds is 3. The van der Waals surface area contributed by atoms with Crippen LogP contribution < -0.4 is 9.64 Å². The van der Waals surface area contributed by atoms with Crippen LogP contribution >= 0.6 is 0 Å². The van der Waals surface area contributed by atoms with Gasteiger partial charge in [-0.3, -0.25) is 4.98 Å². The second-order valence-electron chi connectivity index (χ2n) is 3.46. The summed E-state index contributed by atoms with van der Waals surface area (Å²) in [6.45, 7) is 0. The van der Waals surface area contributed by atoms with Crippen molar-refractivity contribution in [1.82, 2.24) is 4.98 Å². The van der Waals surface area contributed by atoms with Gasteiger partial charge < -0.3 is 9.64 Å². The van der Waals surface area contributed by atoms with Crippen molar-refractivity contribution in [3.8, 4) is 5.75 Å². The van der Waals surface area contributed by atoms with Gasteiger partial charge in [0.2, 0.25) is 0 Å². The number of methoxy groups -OCH3 is 1. The quantitative estimate of drug-likeness (QED) is 0.785. The molecule has 0 bridgehead atoms. The molecule has 2 rings (SSSR count). The minimum absolute atomic E-state index is 0.867. The second kappa shape index (κ2) is 4.66. The summed E-state index contributed by atoms with van der Waals surface area (Å²) in [5.74, 6) is 0.867. The minimum atomic E-state index is 0.867. The van der Waals surface area contributed by atoms with Crippen molar-refractivity contribution >= 4 is 11.4 Å². The lowest BCUT2D eigenvalue weighted by Gasteiger charge is -2.19. The maximum absolute atomic E-state index is 5.13. The molecule has 0 amide bonds. The summed E-state index contributed by atoms with van der Waals surface area (Å²) < 4.78 is 5.13. The summed E-state index contributed by atoms with van der Waals surface area (Å²) in [6.07, 6.45) is 3.57. The minimum Gasteiger partial charge on any atom is -0.497 e. The summed E-state index contributed by atoms with van der Waals surface area (Å²) in [5, 5.41) is 0. The van der Waals surface area contributed by atoms with E-state index in [2.05, 4.69) is 9.88 Å². The fourth-order valence-corrected chi connectivity index (χ4v) is 1.52. The highest BCUT2D eigenvalue weighted by molar-refractivity contribution is 5.62. The van der Waals surface area contributed by atoms with Crippen LogP contribution in [0.2, 0.25) is 0 Å². The molecule has 1 aromatic carbocycles. The second-order valence-corrected chi connectivity index (χ2v) is 3.46. The number of hydrogen-bond acceptors (Lipinski definition) is 3. The van der Waals surface area contributed by atoms with E-state index in [0.717, 1.165) is 17.1 Å². The average molecular weight is 214 g/mol. The summed E-state index contributed by atoms with van der Waals surface area (Å²) in [6, 6.07) is 11.9. The molecule has 0 N–H and O–H groups in total. The Bertz CT molecular complexity index is 439. The topological polar surface area (TPSA) is 25.4 Å². The Labute approximate surface area is 95.3 Å². The first-order valence-electron chi connectivity index (χ1n) is 5.09. The van der Waals surface area contributed by atoms with Crippen LogP contribution in [0.1, 0.15) is 0 Å². The third-order valence-electron chi connectivity index (χ3n) is 2.51. The summed E-state index contributed by atoms with van der Waals surface area (Å²) in [4.78, 5) is 6.10. The zero-order valence-corrected chi connectivity index (χ0v) is 9.42. The van der Waals surface area contributed by atoms with Gasteiger partial charge in [-0.1, -0.05) is 0 Å². The zero-order valence-electron chi connectivity index (χ0n) is 9.42. The van der Waals surface area contributed by atoms with Gasteiger partial charge >= 0.3 is 0 Å². The van der Waals surface area contributed by atoms with E-state index in [-0.39, 0.29) is 0 Å². The van der Waals surface area contributed by atoms with Gasteiger partial charge in [-0.05, 0) is 36.4 Å². The van der Waals surface area contributed by atoms with Crippen molar-refractivity contribution in [3.63, 3.8) is 0 Å². The van der Waals surface area contributed by atoms with Crippen LogP contribution in [0.4, 0.5) is 11.4 Å². The van der Waals surface area contributed by atoms with Crippen LogP contribution in [-0.2, 0) is 0 Å². The first-order chi connectivity index (χ1) is 7.81. The molecule has 16 heavy (non-hydrogen) atoms. The molecule has 1 aromatic heterocycles. The number of aromatic nitrogens is 1. The van der Waals surface area contributed by atoms with Crippen LogP contribution in [0.3, 0.4) is 0 Å². The highest BCUT2D eigenvalue weighted by atomic mass is 16.5. The molecule has 3 nitrogen and oxygen atoms in total. The number of hydrogen-bond donors (Lipinski definition) is 0. The lowest BCUT2D eigenvalue weighted by Crippen LogP contribution is -2.08. The smallest absolute Gasteiger partial charge is 0.119 e. The summed E-state index contributed by atoms with van der Waals surface area (Å²) in [5.41, 5.74) is 2.23. The molecule has 0 radical (unpaired) electrons. The van der Waals surface area contributed by atoms with Gasteiger partial charge in [0.25, 0.3) is 0 Å². The van der Waals surface area contributed by atoms with Gasteiger partial charge in [0.15, 0.2) is 0 Å². The van der Waals surface area contributed by atoms with Crippen LogP contribution in [-0.4, -0.2) is 19.1 Å². The van der Waals surface area contributed by atoms with E-state index in [4.69, 9.17) is 4.74 Å². The molecule has 0 unspecified atom stereocenters. The maximum Gasteiger partial charge on any atom is 0.119 e. The summed E-state index contributed by atoms with van der Waals surface area (Å²) >= 11 is 0. The van der Waals surface area contributed by atoms with E-state index in [1.807, 2.05) is 43.4 Å². The third-order valence-corrected chi connectivity index (χ3v) is 2.51. The largest absolute Gasteiger partial charge is 0.497 e. The number of benzene rings is 1. The predicted octanol–water partition coefficient (Wildman–Crippen LogP) is 2.86. The van der Waals surface area contributed by atoms with Crippen molar-refractivity contribution in [1.29, 1.82) is 0 Å².